The third kappa shape index (κ3) is 53.3. The molecule has 0 aromatic carbocycles. The molecule has 0 saturated heterocycles. The summed E-state index contributed by atoms with van der Waals surface area (Å²) in [4.78, 5) is 19.2. The zero-order valence-electron chi connectivity index (χ0n) is 14.0. The second kappa shape index (κ2) is 22.5. The molecule has 0 aliphatic heterocycles. The third-order valence-corrected chi connectivity index (χ3v) is 1.56. The number of hydrogen-bond acceptors (Lipinski definition) is 6. The fourth-order valence-electron chi connectivity index (χ4n) is 0.224. The van der Waals surface area contributed by atoms with E-state index < -0.39 is 18.0 Å². The molecule has 0 saturated carbocycles. The van der Waals surface area contributed by atoms with E-state index in [2.05, 4.69) is 13.2 Å². The van der Waals surface area contributed by atoms with Crippen LogP contribution in [0.5, 0.6) is 0 Å². The van der Waals surface area contributed by atoms with Gasteiger partial charge < -0.3 is 30.6 Å². The standard InChI is InChI=1S/2C4H6O2.C4H10O2.C3H8O2/c2*1-3(2)4(5)6;5-3-1-2-4-6;1-3(5)2-4/h2*1H2,2H3,(H,5,6);5-6H,1-4H2;3-5H,2H2,1H3. The highest BCUT2D eigenvalue weighted by atomic mass is 16.4. The van der Waals surface area contributed by atoms with Gasteiger partial charge in [0.1, 0.15) is 0 Å². The van der Waals surface area contributed by atoms with E-state index in [1.54, 1.807) is 0 Å². The van der Waals surface area contributed by atoms with Gasteiger partial charge in [0.05, 0.1) is 12.7 Å². The third-order valence-electron chi connectivity index (χ3n) is 1.56. The Bertz CT molecular complexity index is 271. The van der Waals surface area contributed by atoms with Gasteiger partial charge in [0.25, 0.3) is 0 Å². The van der Waals surface area contributed by atoms with Gasteiger partial charge in [-0.15, -0.1) is 0 Å². The van der Waals surface area contributed by atoms with Gasteiger partial charge in [0, 0.05) is 24.4 Å². The van der Waals surface area contributed by atoms with E-state index in [9.17, 15) is 9.59 Å². The molecular weight excluding hydrogens is 308 g/mol. The highest BCUT2D eigenvalue weighted by Crippen LogP contribution is 1.81. The molecule has 0 aromatic heterocycles. The molecule has 0 spiro atoms. The normalized spacial score (nSPS) is 9.52. The van der Waals surface area contributed by atoms with E-state index in [0.29, 0.717) is 0 Å². The zero-order valence-corrected chi connectivity index (χ0v) is 14.0. The Labute approximate surface area is 137 Å². The molecule has 0 aliphatic rings. The summed E-state index contributed by atoms with van der Waals surface area (Å²) >= 11 is 0. The van der Waals surface area contributed by atoms with Crippen LogP contribution < -0.4 is 0 Å². The Hall–Kier alpha value is -1.74. The molecule has 6 N–H and O–H groups in total. The molecule has 23 heavy (non-hydrogen) atoms. The first-order chi connectivity index (χ1) is 10.5. The second-order valence-corrected chi connectivity index (χ2v) is 4.36. The molecular formula is C15H30O8. The van der Waals surface area contributed by atoms with Gasteiger partial charge in [0.2, 0.25) is 0 Å². The smallest absolute Gasteiger partial charge is 0.330 e. The van der Waals surface area contributed by atoms with Crippen LogP contribution in [0.3, 0.4) is 0 Å². The first kappa shape index (κ1) is 29.3. The summed E-state index contributed by atoms with van der Waals surface area (Å²) in [5.41, 5.74) is 0.352. The van der Waals surface area contributed by atoms with Crippen molar-refractivity contribution in [2.45, 2.75) is 39.7 Å². The SMILES string of the molecule is C=C(C)C(=O)O.C=C(C)C(=O)O.CC(O)CO.OCCCCO. The van der Waals surface area contributed by atoms with Gasteiger partial charge >= 0.3 is 11.9 Å². The Morgan fingerprint density at radius 3 is 1.09 bits per heavy atom. The van der Waals surface area contributed by atoms with Crippen LogP contribution in [0.15, 0.2) is 24.3 Å². The van der Waals surface area contributed by atoms with Crippen molar-refractivity contribution >= 4 is 11.9 Å². The van der Waals surface area contributed by atoms with Crippen molar-refractivity contribution in [1.82, 2.24) is 0 Å². The number of aliphatic hydroxyl groups excluding tert-OH is 4. The van der Waals surface area contributed by atoms with E-state index in [0.717, 1.165) is 12.8 Å². The maximum atomic E-state index is 9.60. The average molecular weight is 338 g/mol. The van der Waals surface area contributed by atoms with Crippen LogP contribution in [0.2, 0.25) is 0 Å². The van der Waals surface area contributed by atoms with Crippen molar-refractivity contribution in [1.29, 1.82) is 0 Å². The van der Waals surface area contributed by atoms with Crippen molar-refractivity contribution in [3.05, 3.63) is 24.3 Å². The summed E-state index contributed by atoms with van der Waals surface area (Å²) in [6.45, 7) is 11.0. The summed E-state index contributed by atoms with van der Waals surface area (Å²) in [5.74, 6) is -1.87. The lowest BCUT2D eigenvalue weighted by atomic mass is 10.3. The maximum Gasteiger partial charge on any atom is 0.330 e. The predicted octanol–water partition coefficient (Wildman–Crippen LogP) is 0.405. The van der Waals surface area contributed by atoms with Crippen molar-refractivity contribution in [2.24, 2.45) is 0 Å². The molecule has 1 atom stereocenters. The fraction of sp³-hybridized carbons (Fsp3) is 0.600. The molecule has 8 heteroatoms. The highest BCUT2D eigenvalue weighted by molar-refractivity contribution is 5.85. The van der Waals surface area contributed by atoms with Crippen LogP contribution in [-0.4, -0.2) is 68.5 Å². The summed E-state index contributed by atoms with van der Waals surface area (Å²) < 4.78 is 0. The van der Waals surface area contributed by atoms with Crippen LogP contribution in [0.4, 0.5) is 0 Å². The number of aliphatic carboxylic acids is 2. The number of unbranched alkanes of at least 4 members (excludes halogenated alkanes) is 1. The van der Waals surface area contributed by atoms with Crippen molar-refractivity contribution < 1.29 is 40.2 Å². The van der Waals surface area contributed by atoms with Crippen molar-refractivity contribution in [2.75, 3.05) is 19.8 Å². The summed E-state index contributed by atoms with van der Waals surface area (Å²) in [6, 6.07) is 0. The Balaban J connectivity index is -0.000000105. The quantitative estimate of drug-likeness (QED) is 0.300. The van der Waals surface area contributed by atoms with Gasteiger partial charge in [-0.25, -0.2) is 9.59 Å². The highest BCUT2D eigenvalue weighted by Gasteiger charge is 1.90. The van der Waals surface area contributed by atoms with E-state index in [1.807, 2.05) is 0 Å². The molecule has 0 aromatic rings. The Kier molecular flexibility index (Phi) is 28.7. The Morgan fingerprint density at radius 2 is 1.04 bits per heavy atom. The number of aliphatic hydroxyl groups is 4. The van der Waals surface area contributed by atoms with Gasteiger partial charge in [-0.1, -0.05) is 13.2 Å². The lowest BCUT2D eigenvalue weighted by Crippen LogP contribution is -2.03. The first-order valence-corrected chi connectivity index (χ1v) is 6.76. The van der Waals surface area contributed by atoms with E-state index in [1.165, 1.54) is 20.8 Å². The second-order valence-electron chi connectivity index (χ2n) is 4.36. The van der Waals surface area contributed by atoms with Crippen LogP contribution in [0, 0.1) is 0 Å². The predicted molar refractivity (Wildman–Crippen MR) is 87.1 cm³/mol. The Morgan fingerprint density at radius 1 is 0.870 bits per heavy atom. The van der Waals surface area contributed by atoms with Crippen LogP contribution in [-0.2, 0) is 9.59 Å². The van der Waals surface area contributed by atoms with Gasteiger partial charge in [-0.3, -0.25) is 0 Å². The van der Waals surface area contributed by atoms with E-state index in [-0.39, 0.29) is 31.0 Å². The first-order valence-electron chi connectivity index (χ1n) is 6.76. The van der Waals surface area contributed by atoms with Crippen molar-refractivity contribution in [3.8, 4) is 0 Å². The molecule has 0 heterocycles. The van der Waals surface area contributed by atoms with Gasteiger partial charge in [-0.2, -0.15) is 0 Å². The minimum Gasteiger partial charge on any atom is -0.478 e. The summed E-state index contributed by atoms with van der Waals surface area (Å²) in [7, 11) is 0. The molecule has 0 aliphatic carbocycles. The largest absolute Gasteiger partial charge is 0.478 e. The number of carboxylic acids is 2. The molecule has 0 bridgehead atoms. The fourth-order valence-corrected chi connectivity index (χ4v) is 0.224. The van der Waals surface area contributed by atoms with Crippen LogP contribution in [0.25, 0.3) is 0 Å². The molecule has 138 valence electrons. The monoisotopic (exact) mass is 338 g/mol. The van der Waals surface area contributed by atoms with E-state index in [4.69, 9.17) is 30.6 Å². The molecule has 0 amide bonds. The van der Waals surface area contributed by atoms with Gasteiger partial charge in [-0.05, 0) is 33.6 Å². The lowest BCUT2D eigenvalue weighted by molar-refractivity contribution is -0.133. The molecule has 0 rings (SSSR count). The minimum atomic E-state index is -0.935. The van der Waals surface area contributed by atoms with Crippen LogP contribution >= 0.6 is 0 Å². The topological polar surface area (TPSA) is 156 Å². The minimum absolute atomic E-state index is 0.139. The maximum absolute atomic E-state index is 9.60. The molecule has 1 unspecified atom stereocenters. The lowest BCUT2D eigenvalue weighted by Gasteiger charge is -1.90. The van der Waals surface area contributed by atoms with E-state index >= 15 is 0 Å². The average Bonchev–Trinajstić information content (AvgIpc) is 2.46. The molecule has 0 fully saturated rings. The number of rotatable bonds is 6. The molecule has 0 radical (unpaired) electrons. The van der Waals surface area contributed by atoms with Crippen molar-refractivity contribution in [3.63, 3.8) is 0 Å². The summed E-state index contributed by atoms with van der Waals surface area (Å²) in [6.07, 6.45) is 0.877. The number of carboxylic acid groups (broad SMARTS) is 2. The zero-order chi connectivity index (χ0) is 19.4. The molecule has 8 nitrogen and oxygen atoms in total. The number of carbonyl (C=O) groups is 2. The van der Waals surface area contributed by atoms with Crippen LogP contribution in [0.1, 0.15) is 33.6 Å². The number of hydrogen-bond donors (Lipinski definition) is 6. The summed E-state index contributed by atoms with van der Waals surface area (Å²) in [5, 5.41) is 48.0. The van der Waals surface area contributed by atoms with Gasteiger partial charge in [0.15, 0.2) is 0 Å².